The Hall–Kier alpha value is -2.47. The quantitative estimate of drug-likeness (QED) is 0.699. The number of para-hydroxylation sites is 1. The molecule has 2 aromatic carbocycles. The van der Waals surface area contributed by atoms with Crippen molar-refractivity contribution in [3.05, 3.63) is 53.3 Å². The molecule has 0 atom stereocenters. The smallest absolute Gasteiger partial charge is 0.227 e. The van der Waals surface area contributed by atoms with Crippen LogP contribution in [0.25, 0.3) is 10.2 Å². The molecular formula is C21H22FN3OS. The van der Waals surface area contributed by atoms with E-state index in [9.17, 15) is 9.18 Å². The van der Waals surface area contributed by atoms with E-state index in [1.165, 1.54) is 23.0 Å². The summed E-state index contributed by atoms with van der Waals surface area (Å²) in [5.41, 5.74) is 3.61. The van der Waals surface area contributed by atoms with Crippen molar-refractivity contribution in [3.63, 3.8) is 0 Å². The highest BCUT2D eigenvalue weighted by molar-refractivity contribution is 7.22. The molecule has 1 fully saturated rings. The van der Waals surface area contributed by atoms with Gasteiger partial charge in [-0.2, -0.15) is 0 Å². The maximum Gasteiger partial charge on any atom is 0.227 e. The van der Waals surface area contributed by atoms with Crippen molar-refractivity contribution in [1.29, 1.82) is 0 Å². The molecule has 1 amide bonds. The number of nitrogens with one attached hydrogen (secondary N) is 1. The first-order chi connectivity index (χ1) is 13.0. The first-order valence-electron chi connectivity index (χ1n) is 9.20. The van der Waals surface area contributed by atoms with Gasteiger partial charge in [0.25, 0.3) is 0 Å². The van der Waals surface area contributed by atoms with Gasteiger partial charge in [-0.1, -0.05) is 29.5 Å². The fourth-order valence-electron chi connectivity index (χ4n) is 3.49. The molecule has 4 rings (SSSR count). The Kier molecular flexibility index (Phi) is 4.83. The Morgan fingerprint density at radius 3 is 2.67 bits per heavy atom. The third-order valence-electron chi connectivity index (χ3n) is 5.36. The number of carbonyl (C=O) groups is 1. The lowest BCUT2D eigenvalue weighted by atomic mass is 9.96. The molecule has 3 aromatic rings. The van der Waals surface area contributed by atoms with E-state index >= 15 is 0 Å². The van der Waals surface area contributed by atoms with E-state index < -0.39 is 0 Å². The zero-order valence-electron chi connectivity index (χ0n) is 15.5. The molecule has 2 heterocycles. The first kappa shape index (κ1) is 17.9. The highest BCUT2D eigenvalue weighted by Crippen LogP contribution is 2.33. The van der Waals surface area contributed by atoms with Crippen LogP contribution in [-0.2, 0) is 4.79 Å². The third-order valence-corrected chi connectivity index (χ3v) is 6.44. The largest absolute Gasteiger partial charge is 0.348 e. The summed E-state index contributed by atoms with van der Waals surface area (Å²) in [6.07, 6.45) is 1.55. The second kappa shape index (κ2) is 7.27. The number of hydrogen-bond donors (Lipinski definition) is 1. The van der Waals surface area contributed by atoms with Crippen molar-refractivity contribution in [2.75, 3.05) is 23.3 Å². The zero-order valence-corrected chi connectivity index (χ0v) is 16.3. The molecule has 1 aliphatic heterocycles. The average molecular weight is 383 g/mol. The molecule has 0 saturated carbocycles. The molecule has 0 bridgehead atoms. The van der Waals surface area contributed by atoms with Crippen molar-refractivity contribution >= 4 is 38.3 Å². The van der Waals surface area contributed by atoms with Crippen molar-refractivity contribution in [3.8, 4) is 0 Å². The molecule has 0 spiro atoms. The number of aromatic nitrogens is 1. The molecule has 0 unspecified atom stereocenters. The number of aryl methyl sites for hydroxylation is 1. The molecular weight excluding hydrogens is 361 g/mol. The predicted molar refractivity (Wildman–Crippen MR) is 109 cm³/mol. The molecule has 140 valence electrons. The number of hydrogen-bond acceptors (Lipinski definition) is 4. The van der Waals surface area contributed by atoms with Gasteiger partial charge in [0.15, 0.2) is 5.13 Å². The maximum atomic E-state index is 13.9. The van der Waals surface area contributed by atoms with Crippen LogP contribution in [0.1, 0.15) is 24.0 Å². The normalized spacial score (nSPS) is 15.3. The van der Waals surface area contributed by atoms with Gasteiger partial charge in [0.1, 0.15) is 11.3 Å². The molecule has 1 aromatic heterocycles. The van der Waals surface area contributed by atoms with Gasteiger partial charge in [-0.25, -0.2) is 9.37 Å². The lowest BCUT2D eigenvalue weighted by molar-refractivity contribution is -0.120. The van der Waals surface area contributed by atoms with Gasteiger partial charge in [0.05, 0.1) is 4.70 Å². The number of halogens is 1. The number of piperidine rings is 1. The Morgan fingerprint density at radius 2 is 1.93 bits per heavy atom. The molecule has 1 saturated heterocycles. The standard InChI is InChI=1S/C21H22FN3OS/c1-13-5-3-7-17(14(13)2)23-20(26)15-9-11-25(12-10-15)21-24-19-16(22)6-4-8-18(19)27-21/h3-8,15H,9-12H2,1-2H3,(H,23,26). The van der Waals surface area contributed by atoms with E-state index in [1.807, 2.05) is 38.1 Å². The van der Waals surface area contributed by atoms with E-state index in [0.29, 0.717) is 5.52 Å². The second-order valence-electron chi connectivity index (χ2n) is 7.08. The lowest BCUT2D eigenvalue weighted by Crippen LogP contribution is -2.38. The van der Waals surface area contributed by atoms with Gasteiger partial charge in [-0.05, 0) is 56.0 Å². The number of amides is 1. The molecule has 0 radical (unpaired) electrons. The summed E-state index contributed by atoms with van der Waals surface area (Å²) in [6, 6.07) is 11.0. The van der Waals surface area contributed by atoms with E-state index in [1.54, 1.807) is 6.07 Å². The van der Waals surface area contributed by atoms with Crippen LogP contribution in [0, 0.1) is 25.6 Å². The van der Waals surface area contributed by atoms with Crippen LogP contribution in [0.3, 0.4) is 0 Å². The Bertz CT molecular complexity index is 992. The summed E-state index contributed by atoms with van der Waals surface area (Å²) in [4.78, 5) is 19.3. The SMILES string of the molecule is Cc1cccc(NC(=O)C2CCN(c3nc4c(F)cccc4s3)CC2)c1C. The van der Waals surface area contributed by atoms with Crippen molar-refractivity contribution in [1.82, 2.24) is 4.98 Å². The number of nitrogens with zero attached hydrogens (tertiary/aromatic N) is 2. The second-order valence-corrected chi connectivity index (χ2v) is 8.09. The van der Waals surface area contributed by atoms with Crippen LogP contribution in [0.2, 0.25) is 0 Å². The van der Waals surface area contributed by atoms with Crippen molar-refractivity contribution in [2.24, 2.45) is 5.92 Å². The number of fused-ring (bicyclic) bond motifs is 1. The van der Waals surface area contributed by atoms with Crippen molar-refractivity contribution < 1.29 is 9.18 Å². The summed E-state index contributed by atoms with van der Waals surface area (Å²) in [7, 11) is 0. The minimum Gasteiger partial charge on any atom is -0.348 e. The summed E-state index contributed by atoms with van der Waals surface area (Å²) >= 11 is 1.51. The Balaban J connectivity index is 1.41. The Labute approximate surface area is 162 Å². The molecule has 4 nitrogen and oxygen atoms in total. The van der Waals surface area contributed by atoms with Gasteiger partial charge in [0.2, 0.25) is 5.91 Å². The fourth-order valence-corrected chi connectivity index (χ4v) is 4.52. The third kappa shape index (κ3) is 3.54. The van der Waals surface area contributed by atoms with Crippen LogP contribution < -0.4 is 10.2 Å². The van der Waals surface area contributed by atoms with Crippen LogP contribution in [0.4, 0.5) is 15.2 Å². The van der Waals surface area contributed by atoms with Gasteiger partial charge in [-0.15, -0.1) is 0 Å². The maximum absolute atomic E-state index is 13.9. The first-order valence-corrected chi connectivity index (χ1v) is 10.0. The predicted octanol–water partition coefficient (Wildman–Crippen LogP) is 4.91. The van der Waals surface area contributed by atoms with Crippen LogP contribution in [0.15, 0.2) is 36.4 Å². The zero-order chi connectivity index (χ0) is 19.0. The molecule has 1 N–H and O–H groups in total. The number of thiazole rings is 1. The molecule has 6 heteroatoms. The minimum atomic E-state index is -0.280. The van der Waals surface area contributed by atoms with Gasteiger partial charge < -0.3 is 10.2 Å². The van der Waals surface area contributed by atoms with Crippen LogP contribution in [-0.4, -0.2) is 24.0 Å². The number of benzene rings is 2. The Morgan fingerprint density at radius 1 is 1.19 bits per heavy atom. The summed E-state index contributed by atoms with van der Waals surface area (Å²) in [5, 5.41) is 3.92. The van der Waals surface area contributed by atoms with Crippen molar-refractivity contribution in [2.45, 2.75) is 26.7 Å². The molecule has 1 aliphatic rings. The minimum absolute atomic E-state index is 0.00715. The fraction of sp³-hybridized carbons (Fsp3) is 0.333. The summed E-state index contributed by atoms with van der Waals surface area (Å²) in [6.45, 7) is 5.59. The number of carbonyl (C=O) groups excluding carboxylic acids is 1. The molecule has 0 aliphatic carbocycles. The lowest BCUT2D eigenvalue weighted by Gasteiger charge is -2.31. The number of anilines is 2. The highest BCUT2D eigenvalue weighted by atomic mass is 32.1. The van der Waals surface area contributed by atoms with Crippen LogP contribution in [0.5, 0.6) is 0 Å². The highest BCUT2D eigenvalue weighted by Gasteiger charge is 2.27. The van der Waals surface area contributed by atoms with Crippen LogP contribution >= 0.6 is 11.3 Å². The van der Waals surface area contributed by atoms with Gasteiger partial charge in [-0.3, -0.25) is 4.79 Å². The number of rotatable bonds is 3. The van der Waals surface area contributed by atoms with Gasteiger partial charge >= 0.3 is 0 Å². The van der Waals surface area contributed by atoms with E-state index in [0.717, 1.165) is 47.0 Å². The van der Waals surface area contributed by atoms with Gasteiger partial charge in [0, 0.05) is 24.7 Å². The summed E-state index contributed by atoms with van der Waals surface area (Å²) < 4.78 is 14.7. The monoisotopic (exact) mass is 383 g/mol. The summed E-state index contributed by atoms with van der Waals surface area (Å²) in [5.74, 6) is -0.205. The van der Waals surface area contributed by atoms with E-state index in [-0.39, 0.29) is 17.6 Å². The topological polar surface area (TPSA) is 45.2 Å². The molecule has 27 heavy (non-hydrogen) atoms. The average Bonchev–Trinajstić information content (AvgIpc) is 3.11. The van der Waals surface area contributed by atoms with E-state index in [4.69, 9.17) is 0 Å². The van der Waals surface area contributed by atoms with E-state index in [2.05, 4.69) is 15.2 Å².